The second-order valence-electron chi connectivity index (χ2n) is 15.0. The number of nitrogens with one attached hydrogen (secondary N) is 1. The predicted octanol–water partition coefficient (Wildman–Crippen LogP) is 14.1. The lowest BCUT2D eigenvalue weighted by atomic mass is 9.99. The van der Waals surface area contributed by atoms with Crippen molar-refractivity contribution < 1.29 is 4.79 Å². The number of unbranched alkanes of at least 4 members (excludes halogenated alkanes) is 18. The molecule has 1 aliphatic heterocycles. The van der Waals surface area contributed by atoms with Crippen molar-refractivity contribution in [3.63, 3.8) is 0 Å². The SMILES string of the molecule is CCCCCC=CCC=CCCCCCCCCC(CCCCCCCCC=CCC=CCCCCC)NC(=O)CCCN1CCCCC1. The van der Waals surface area contributed by atoms with Crippen molar-refractivity contribution in [1.82, 2.24) is 10.2 Å². The van der Waals surface area contributed by atoms with Gasteiger partial charge in [-0.1, -0.05) is 159 Å². The number of carbonyl (C=O) groups is 1. The van der Waals surface area contributed by atoms with Crippen LogP contribution in [0.25, 0.3) is 0 Å². The lowest BCUT2D eigenvalue weighted by Crippen LogP contribution is -2.36. The van der Waals surface area contributed by atoms with E-state index in [2.05, 4.69) is 72.7 Å². The van der Waals surface area contributed by atoms with Crippen molar-refractivity contribution in [3.05, 3.63) is 48.6 Å². The predicted molar refractivity (Wildman–Crippen MR) is 219 cm³/mol. The van der Waals surface area contributed by atoms with Gasteiger partial charge >= 0.3 is 0 Å². The summed E-state index contributed by atoms with van der Waals surface area (Å²) in [6.45, 7) is 8.08. The molecule has 0 saturated carbocycles. The molecule has 1 rings (SSSR count). The van der Waals surface area contributed by atoms with Gasteiger partial charge in [0.15, 0.2) is 0 Å². The molecule has 0 aromatic rings. The van der Waals surface area contributed by atoms with Crippen LogP contribution in [-0.2, 0) is 4.79 Å². The zero-order chi connectivity index (χ0) is 35.1. The first-order chi connectivity index (χ1) is 24.3. The summed E-state index contributed by atoms with van der Waals surface area (Å²) >= 11 is 0. The molecule has 0 atom stereocenters. The number of piperidine rings is 1. The number of rotatable bonds is 35. The van der Waals surface area contributed by atoms with Gasteiger partial charge in [0, 0.05) is 12.5 Å². The van der Waals surface area contributed by atoms with E-state index < -0.39 is 0 Å². The van der Waals surface area contributed by atoms with Gasteiger partial charge in [0.2, 0.25) is 5.91 Å². The Labute approximate surface area is 307 Å². The van der Waals surface area contributed by atoms with E-state index in [1.165, 1.54) is 174 Å². The van der Waals surface area contributed by atoms with Gasteiger partial charge < -0.3 is 10.2 Å². The summed E-state index contributed by atoms with van der Waals surface area (Å²) in [6.07, 6.45) is 57.8. The van der Waals surface area contributed by atoms with Gasteiger partial charge in [-0.2, -0.15) is 0 Å². The summed E-state index contributed by atoms with van der Waals surface area (Å²) < 4.78 is 0. The van der Waals surface area contributed by atoms with Crippen LogP contribution >= 0.6 is 0 Å². The van der Waals surface area contributed by atoms with Crippen LogP contribution in [0, 0.1) is 0 Å². The molecule has 3 heteroatoms. The Balaban J connectivity index is 2.17. The van der Waals surface area contributed by atoms with E-state index in [0.29, 0.717) is 18.4 Å². The highest BCUT2D eigenvalue weighted by molar-refractivity contribution is 5.76. The van der Waals surface area contributed by atoms with Crippen LogP contribution in [0.1, 0.15) is 213 Å². The highest BCUT2D eigenvalue weighted by Crippen LogP contribution is 2.16. The molecule has 3 nitrogen and oxygen atoms in total. The lowest BCUT2D eigenvalue weighted by Gasteiger charge is -2.26. The summed E-state index contributed by atoms with van der Waals surface area (Å²) in [5.41, 5.74) is 0. The lowest BCUT2D eigenvalue weighted by molar-refractivity contribution is -0.122. The molecule has 1 amide bonds. The molecule has 284 valence electrons. The van der Waals surface area contributed by atoms with Crippen LogP contribution in [0.4, 0.5) is 0 Å². The van der Waals surface area contributed by atoms with Crippen molar-refractivity contribution in [3.8, 4) is 0 Å². The second-order valence-corrected chi connectivity index (χ2v) is 15.0. The Kier molecular flexibility index (Phi) is 34.9. The largest absolute Gasteiger partial charge is 0.353 e. The van der Waals surface area contributed by atoms with Gasteiger partial charge in [-0.25, -0.2) is 0 Å². The van der Waals surface area contributed by atoms with Crippen LogP contribution in [0.15, 0.2) is 48.6 Å². The molecule has 1 N–H and O–H groups in total. The van der Waals surface area contributed by atoms with Crippen molar-refractivity contribution in [2.75, 3.05) is 19.6 Å². The van der Waals surface area contributed by atoms with Crippen molar-refractivity contribution >= 4 is 5.91 Å². The Morgan fingerprint density at radius 2 is 0.918 bits per heavy atom. The van der Waals surface area contributed by atoms with E-state index in [9.17, 15) is 4.79 Å². The van der Waals surface area contributed by atoms with Gasteiger partial charge in [0.25, 0.3) is 0 Å². The normalized spacial score (nSPS) is 15.1. The quantitative estimate of drug-likeness (QED) is 0.0534. The monoisotopic (exact) mass is 681 g/mol. The van der Waals surface area contributed by atoms with E-state index >= 15 is 0 Å². The zero-order valence-corrected chi connectivity index (χ0v) is 33.1. The molecular weight excluding hydrogens is 597 g/mol. The van der Waals surface area contributed by atoms with Gasteiger partial charge in [-0.15, -0.1) is 0 Å². The smallest absolute Gasteiger partial charge is 0.220 e. The van der Waals surface area contributed by atoms with Gasteiger partial charge in [-0.05, 0) is 116 Å². The van der Waals surface area contributed by atoms with Gasteiger partial charge in [-0.3, -0.25) is 4.79 Å². The van der Waals surface area contributed by atoms with Gasteiger partial charge in [0.05, 0.1) is 0 Å². The van der Waals surface area contributed by atoms with Crippen LogP contribution in [-0.4, -0.2) is 36.5 Å². The topological polar surface area (TPSA) is 32.3 Å². The Morgan fingerprint density at radius 1 is 0.510 bits per heavy atom. The molecule has 1 fully saturated rings. The molecule has 1 heterocycles. The number of allylic oxidation sites excluding steroid dienone is 8. The maximum absolute atomic E-state index is 12.9. The minimum atomic E-state index is 0.294. The van der Waals surface area contributed by atoms with Crippen LogP contribution in [0.3, 0.4) is 0 Å². The summed E-state index contributed by atoms with van der Waals surface area (Å²) in [5, 5.41) is 3.48. The molecule has 0 radical (unpaired) electrons. The fourth-order valence-electron chi connectivity index (χ4n) is 6.99. The molecule has 0 aromatic carbocycles. The van der Waals surface area contributed by atoms with E-state index in [-0.39, 0.29) is 0 Å². The van der Waals surface area contributed by atoms with Crippen LogP contribution in [0.5, 0.6) is 0 Å². The average Bonchev–Trinajstić information content (AvgIpc) is 3.11. The average molecular weight is 681 g/mol. The zero-order valence-electron chi connectivity index (χ0n) is 33.1. The Morgan fingerprint density at radius 3 is 1.37 bits per heavy atom. The minimum Gasteiger partial charge on any atom is -0.353 e. The number of nitrogens with zero attached hydrogens (tertiary/aromatic N) is 1. The van der Waals surface area contributed by atoms with Crippen molar-refractivity contribution in [1.29, 1.82) is 0 Å². The first kappa shape index (κ1) is 45.4. The summed E-state index contributed by atoms with van der Waals surface area (Å²) in [4.78, 5) is 15.4. The number of carbonyl (C=O) groups excluding carboxylic acids is 1. The second kappa shape index (κ2) is 37.6. The van der Waals surface area contributed by atoms with Crippen LogP contribution in [0.2, 0.25) is 0 Å². The number of hydrogen-bond donors (Lipinski definition) is 1. The third-order valence-electron chi connectivity index (χ3n) is 10.2. The van der Waals surface area contributed by atoms with E-state index in [1.807, 2.05) is 0 Å². The molecule has 1 saturated heterocycles. The third-order valence-corrected chi connectivity index (χ3v) is 10.2. The highest BCUT2D eigenvalue weighted by atomic mass is 16.1. The highest BCUT2D eigenvalue weighted by Gasteiger charge is 2.14. The standard InChI is InChI=1S/C46H84N2O/c1-3-5-7-9-11-13-15-17-19-21-23-25-27-29-31-34-39-45(47-46(49)41-38-44-48-42-36-33-37-43-48)40-35-32-30-28-26-24-22-20-18-16-14-12-10-8-6-4-2/h11-14,17-20,45H,3-10,15-16,21-44H2,1-2H3,(H,47,49). The minimum absolute atomic E-state index is 0.294. The Hall–Kier alpha value is -1.61. The first-order valence-corrected chi connectivity index (χ1v) is 21.9. The number of likely N-dealkylation sites (tertiary alicyclic amines) is 1. The Bertz CT molecular complexity index is 758. The van der Waals surface area contributed by atoms with Gasteiger partial charge in [0.1, 0.15) is 0 Å². The number of hydrogen-bond acceptors (Lipinski definition) is 2. The number of amides is 1. The molecule has 0 bridgehead atoms. The molecule has 49 heavy (non-hydrogen) atoms. The summed E-state index contributed by atoms with van der Waals surface area (Å²) in [5.74, 6) is 0.294. The molecule has 0 aromatic heterocycles. The van der Waals surface area contributed by atoms with E-state index in [1.54, 1.807) is 0 Å². The molecule has 0 spiro atoms. The summed E-state index contributed by atoms with van der Waals surface area (Å²) in [7, 11) is 0. The summed E-state index contributed by atoms with van der Waals surface area (Å²) in [6, 6.07) is 0.374. The maximum Gasteiger partial charge on any atom is 0.220 e. The van der Waals surface area contributed by atoms with Crippen LogP contribution < -0.4 is 5.32 Å². The fraction of sp³-hybridized carbons (Fsp3) is 0.804. The molecular formula is C46H84N2O. The van der Waals surface area contributed by atoms with E-state index in [4.69, 9.17) is 0 Å². The van der Waals surface area contributed by atoms with Crippen molar-refractivity contribution in [2.45, 2.75) is 219 Å². The van der Waals surface area contributed by atoms with E-state index in [0.717, 1.165) is 38.6 Å². The molecule has 0 aliphatic carbocycles. The first-order valence-electron chi connectivity index (χ1n) is 21.9. The fourth-order valence-corrected chi connectivity index (χ4v) is 6.99. The maximum atomic E-state index is 12.9. The molecule has 1 aliphatic rings. The van der Waals surface area contributed by atoms with Crippen molar-refractivity contribution in [2.24, 2.45) is 0 Å². The molecule has 0 unspecified atom stereocenters. The third kappa shape index (κ3) is 33.3.